The number of rotatable bonds is 4. The number of fused-ring (bicyclic) bond motifs is 4. The second kappa shape index (κ2) is 10.1. The quantitative estimate of drug-likeness (QED) is 0.211. The van der Waals surface area contributed by atoms with Crippen molar-refractivity contribution in [2.75, 3.05) is 0 Å². The van der Waals surface area contributed by atoms with E-state index in [9.17, 15) is 0 Å². The fraction of sp³-hybridized carbons (Fsp3) is 0. The first-order valence-electron chi connectivity index (χ1n) is 14.1. The topological polar surface area (TPSA) is 38.7 Å². The maximum atomic E-state index is 5.14. The summed E-state index contributed by atoms with van der Waals surface area (Å²) in [5.74, 6) is 0.711. The molecule has 0 atom stereocenters. The molecule has 0 unspecified atom stereocenters. The van der Waals surface area contributed by atoms with Crippen molar-refractivity contribution in [2.24, 2.45) is 0 Å². The molecule has 0 fully saturated rings. The van der Waals surface area contributed by atoms with E-state index in [1.165, 1.54) is 16.5 Å². The third kappa shape index (κ3) is 4.29. The number of aromatic nitrogens is 3. The molecular formula is C39H25N3. The van der Waals surface area contributed by atoms with Crippen LogP contribution in [0.5, 0.6) is 0 Å². The van der Waals surface area contributed by atoms with Gasteiger partial charge >= 0.3 is 0 Å². The number of pyridine rings is 1. The highest BCUT2D eigenvalue weighted by Crippen LogP contribution is 2.33. The van der Waals surface area contributed by atoms with Crippen molar-refractivity contribution in [2.45, 2.75) is 0 Å². The Bertz CT molecular complexity index is 2240. The number of nitrogens with zero attached hydrogens (tertiary/aromatic N) is 3. The Morgan fingerprint density at radius 2 is 1.00 bits per heavy atom. The standard InChI is InChI=1S/C39H25N3/c1-2-9-26(10-3-1)27-17-19-28(20-18-27)38-35-15-6-7-16-36(35)41-39(42-38)31-13-8-12-29(23-31)30-21-22-34-33-14-5-4-11-32(33)25-40-37(34)24-30/h1-25H. The third-order valence-corrected chi connectivity index (χ3v) is 7.91. The SMILES string of the molecule is c1ccc(-c2ccc(-c3nc(-c4cccc(-c5ccc6c(c5)ncc5ccccc56)c4)nc4ccccc34)cc2)cc1. The van der Waals surface area contributed by atoms with Gasteiger partial charge in [-0.1, -0.05) is 127 Å². The van der Waals surface area contributed by atoms with Crippen molar-refractivity contribution >= 4 is 32.6 Å². The van der Waals surface area contributed by atoms with E-state index in [4.69, 9.17) is 15.0 Å². The molecule has 196 valence electrons. The summed E-state index contributed by atoms with van der Waals surface area (Å²) in [6.45, 7) is 0. The first kappa shape index (κ1) is 24.2. The highest BCUT2D eigenvalue weighted by atomic mass is 14.9. The zero-order valence-electron chi connectivity index (χ0n) is 22.8. The Morgan fingerprint density at radius 1 is 0.357 bits per heavy atom. The van der Waals surface area contributed by atoms with E-state index in [1.807, 2.05) is 24.4 Å². The molecule has 0 bridgehead atoms. The van der Waals surface area contributed by atoms with Gasteiger partial charge in [0.1, 0.15) is 0 Å². The van der Waals surface area contributed by atoms with Gasteiger partial charge in [0.25, 0.3) is 0 Å². The van der Waals surface area contributed by atoms with Gasteiger partial charge in [0.15, 0.2) is 5.82 Å². The fourth-order valence-corrected chi connectivity index (χ4v) is 5.75. The molecule has 0 radical (unpaired) electrons. The summed E-state index contributed by atoms with van der Waals surface area (Å²) in [4.78, 5) is 14.9. The van der Waals surface area contributed by atoms with Crippen LogP contribution in [0, 0.1) is 0 Å². The Morgan fingerprint density at radius 3 is 1.88 bits per heavy atom. The minimum Gasteiger partial charge on any atom is -0.256 e. The molecule has 0 spiro atoms. The van der Waals surface area contributed by atoms with Gasteiger partial charge in [0, 0.05) is 33.5 Å². The van der Waals surface area contributed by atoms with Crippen molar-refractivity contribution in [3.63, 3.8) is 0 Å². The van der Waals surface area contributed by atoms with Crippen LogP contribution in [0.2, 0.25) is 0 Å². The highest BCUT2D eigenvalue weighted by molar-refractivity contribution is 6.06. The van der Waals surface area contributed by atoms with Crippen molar-refractivity contribution < 1.29 is 0 Å². The highest BCUT2D eigenvalue weighted by Gasteiger charge is 2.13. The van der Waals surface area contributed by atoms with Gasteiger partial charge in [-0.05, 0) is 45.8 Å². The lowest BCUT2D eigenvalue weighted by Gasteiger charge is -2.11. The second-order valence-electron chi connectivity index (χ2n) is 10.5. The zero-order valence-corrected chi connectivity index (χ0v) is 22.8. The molecule has 2 aromatic heterocycles. The number of para-hydroxylation sites is 1. The monoisotopic (exact) mass is 535 g/mol. The van der Waals surface area contributed by atoms with Crippen molar-refractivity contribution in [1.82, 2.24) is 15.0 Å². The molecule has 2 heterocycles. The molecule has 0 saturated heterocycles. The summed E-state index contributed by atoms with van der Waals surface area (Å²) >= 11 is 0. The molecule has 6 aromatic carbocycles. The molecule has 0 amide bonds. The average molecular weight is 536 g/mol. The van der Waals surface area contributed by atoms with Gasteiger partial charge in [-0.3, -0.25) is 4.98 Å². The van der Waals surface area contributed by atoms with Gasteiger partial charge in [-0.2, -0.15) is 0 Å². The first-order chi connectivity index (χ1) is 20.8. The lowest BCUT2D eigenvalue weighted by molar-refractivity contribution is 1.23. The molecule has 3 heteroatoms. The van der Waals surface area contributed by atoms with E-state index in [-0.39, 0.29) is 0 Å². The van der Waals surface area contributed by atoms with Gasteiger partial charge in [-0.25, -0.2) is 9.97 Å². The van der Waals surface area contributed by atoms with Crippen molar-refractivity contribution in [3.8, 4) is 44.9 Å². The molecule has 0 aliphatic rings. The van der Waals surface area contributed by atoms with E-state index in [2.05, 4.69) is 127 Å². The van der Waals surface area contributed by atoms with Crippen LogP contribution in [0.3, 0.4) is 0 Å². The summed E-state index contributed by atoms with van der Waals surface area (Å²) in [5, 5.41) is 4.57. The maximum Gasteiger partial charge on any atom is 0.160 e. The average Bonchev–Trinajstić information content (AvgIpc) is 3.08. The molecule has 0 aliphatic carbocycles. The van der Waals surface area contributed by atoms with E-state index in [0.29, 0.717) is 5.82 Å². The van der Waals surface area contributed by atoms with Crippen molar-refractivity contribution in [3.05, 3.63) is 152 Å². The minimum absolute atomic E-state index is 0.711. The predicted octanol–water partition coefficient (Wildman–Crippen LogP) is 10.00. The van der Waals surface area contributed by atoms with Gasteiger partial charge in [0.05, 0.1) is 16.7 Å². The fourth-order valence-electron chi connectivity index (χ4n) is 5.75. The summed E-state index contributed by atoms with van der Waals surface area (Å²) in [5.41, 5.74) is 9.50. The van der Waals surface area contributed by atoms with E-state index < -0.39 is 0 Å². The van der Waals surface area contributed by atoms with Gasteiger partial charge < -0.3 is 0 Å². The van der Waals surface area contributed by atoms with Gasteiger partial charge in [0.2, 0.25) is 0 Å². The van der Waals surface area contributed by atoms with Gasteiger partial charge in [-0.15, -0.1) is 0 Å². The Hall–Kier alpha value is -5.67. The summed E-state index contributed by atoms with van der Waals surface area (Å²) in [7, 11) is 0. The zero-order chi connectivity index (χ0) is 27.9. The Labute approximate surface area is 243 Å². The maximum absolute atomic E-state index is 5.14. The lowest BCUT2D eigenvalue weighted by Crippen LogP contribution is -1.95. The van der Waals surface area contributed by atoms with E-state index in [1.54, 1.807) is 0 Å². The van der Waals surface area contributed by atoms with Crippen molar-refractivity contribution in [1.29, 1.82) is 0 Å². The summed E-state index contributed by atoms with van der Waals surface area (Å²) < 4.78 is 0. The van der Waals surface area contributed by atoms with Crippen LogP contribution in [0.1, 0.15) is 0 Å². The smallest absolute Gasteiger partial charge is 0.160 e. The minimum atomic E-state index is 0.711. The Kier molecular flexibility index (Phi) is 5.79. The van der Waals surface area contributed by atoms with Crippen LogP contribution in [0.25, 0.3) is 77.5 Å². The van der Waals surface area contributed by atoms with E-state index >= 15 is 0 Å². The summed E-state index contributed by atoms with van der Waals surface area (Å²) in [6.07, 6.45) is 1.95. The third-order valence-electron chi connectivity index (χ3n) is 7.91. The molecule has 42 heavy (non-hydrogen) atoms. The van der Waals surface area contributed by atoms with Crippen LogP contribution in [0.15, 0.2) is 152 Å². The molecule has 0 saturated carbocycles. The predicted molar refractivity (Wildman–Crippen MR) is 174 cm³/mol. The molecular weight excluding hydrogens is 510 g/mol. The Balaban J connectivity index is 1.21. The van der Waals surface area contributed by atoms with Crippen LogP contribution < -0.4 is 0 Å². The number of benzene rings is 6. The summed E-state index contributed by atoms with van der Waals surface area (Å²) in [6, 6.07) is 50.7. The van der Waals surface area contributed by atoms with Crippen LogP contribution in [-0.4, -0.2) is 15.0 Å². The first-order valence-corrected chi connectivity index (χ1v) is 14.1. The largest absolute Gasteiger partial charge is 0.256 e. The van der Waals surface area contributed by atoms with E-state index in [0.717, 1.165) is 55.1 Å². The molecule has 8 rings (SSSR count). The molecule has 3 nitrogen and oxygen atoms in total. The second-order valence-corrected chi connectivity index (χ2v) is 10.5. The lowest BCUT2D eigenvalue weighted by atomic mass is 9.99. The van der Waals surface area contributed by atoms with Crippen LogP contribution in [-0.2, 0) is 0 Å². The molecule has 8 aromatic rings. The molecule has 0 aliphatic heterocycles. The molecule has 0 N–H and O–H groups in total. The van der Waals surface area contributed by atoms with Crippen LogP contribution in [0.4, 0.5) is 0 Å². The van der Waals surface area contributed by atoms with Crippen LogP contribution >= 0.6 is 0 Å². The number of hydrogen-bond donors (Lipinski definition) is 0. The normalized spacial score (nSPS) is 11.3. The number of hydrogen-bond acceptors (Lipinski definition) is 3.